The molecule has 2 fully saturated rings. The predicted octanol–water partition coefficient (Wildman–Crippen LogP) is 4.52. The van der Waals surface area contributed by atoms with E-state index in [1.54, 1.807) is 18.9 Å². The number of aryl methyl sites for hydroxylation is 1. The summed E-state index contributed by atoms with van der Waals surface area (Å²) in [4.78, 5) is 66.0. The van der Waals surface area contributed by atoms with Crippen molar-refractivity contribution in [3.05, 3.63) is 23.9 Å². The summed E-state index contributed by atoms with van der Waals surface area (Å²) in [5.41, 5.74) is 1.50. The molecule has 11 heteroatoms. The first kappa shape index (κ1) is 33.6. The second-order valence-electron chi connectivity index (χ2n) is 14.1. The SMILES string of the molecule is COc1ccc2nc3c(nc2c1)O[C@H]1CN(C(=O)[C@H](C(C)(C)C)CC(=O)O[C@@H]2CCCN(C(C)=O)[C@H]2CCCCC3)[C@H](C=O)[C@@H]1C. The van der Waals surface area contributed by atoms with Crippen LogP contribution in [0.2, 0.25) is 0 Å². The molecule has 4 heterocycles. The molecule has 0 spiro atoms. The maximum atomic E-state index is 14.2. The Labute approximate surface area is 271 Å². The van der Waals surface area contributed by atoms with E-state index >= 15 is 0 Å². The van der Waals surface area contributed by atoms with Crippen LogP contribution >= 0.6 is 0 Å². The lowest BCUT2D eigenvalue weighted by molar-refractivity contribution is -0.163. The van der Waals surface area contributed by atoms with E-state index in [4.69, 9.17) is 24.2 Å². The van der Waals surface area contributed by atoms with Gasteiger partial charge in [0.25, 0.3) is 0 Å². The molecule has 0 unspecified atom stereocenters. The number of nitrogens with zero attached hydrogens (tertiary/aromatic N) is 4. The summed E-state index contributed by atoms with van der Waals surface area (Å²) >= 11 is 0. The summed E-state index contributed by atoms with van der Waals surface area (Å²) in [6.07, 6.45) is 5.05. The van der Waals surface area contributed by atoms with Crippen molar-refractivity contribution in [3.8, 4) is 11.6 Å². The summed E-state index contributed by atoms with van der Waals surface area (Å²) < 4.78 is 18.1. The number of benzene rings is 1. The highest BCUT2D eigenvalue weighted by atomic mass is 16.5. The number of rotatable bonds is 2. The maximum Gasteiger partial charge on any atom is 0.306 e. The standard InChI is InChI=1S/C35H48N4O7/c1-21-29(20-40)39-19-31(21)46-33-26(36-25-15-14-23(44-6)17-27(25)37-33)11-8-7-9-12-28-30(13-10-16-38(28)22(2)41)45-32(42)18-24(34(39)43)35(3,4)5/h14-15,17,20-21,24,28-31H,7-13,16,18-19H2,1-6H3/t21-,24+,28-,29+,30+,31-/m0/s1. The summed E-state index contributed by atoms with van der Waals surface area (Å²) in [7, 11) is 1.60. The van der Waals surface area contributed by atoms with Gasteiger partial charge in [-0.1, -0.05) is 40.5 Å². The number of carbonyl (C=O) groups excluding carboxylic acids is 4. The highest BCUT2D eigenvalue weighted by Gasteiger charge is 2.47. The van der Waals surface area contributed by atoms with Gasteiger partial charge in [-0.15, -0.1) is 0 Å². The second-order valence-corrected chi connectivity index (χ2v) is 14.1. The number of ether oxygens (including phenoxy) is 3. The monoisotopic (exact) mass is 636 g/mol. The molecule has 6 atom stereocenters. The Hall–Kier alpha value is -3.76. The molecule has 250 valence electrons. The van der Waals surface area contributed by atoms with Crippen LogP contribution in [0.3, 0.4) is 0 Å². The summed E-state index contributed by atoms with van der Waals surface area (Å²) in [5, 5.41) is 0. The number of carbonyl (C=O) groups is 4. The number of aldehydes is 1. The van der Waals surface area contributed by atoms with E-state index in [1.165, 1.54) is 0 Å². The quantitative estimate of drug-likeness (QED) is 0.345. The lowest BCUT2D eigenvalue weighted by Crippen LogP contribution is -2.52. The number of amides is 2. The Morgan fingerprint density at radius 3 is 2.50 bits per heavy atom. The van der Waals surface area contributed by atoms with E-state index in [1.807, 2.05) is 50.8 Å². The number of hydrogen-bond donors (Lipinski definition) is 0. The van der Waals surface area contributed by atoms with Crippen LogP contribution in [-0.2, 0) is 30.3 Å². The van der Waals surface area contributed by atoms with Gasteiger partial charge in [0.1, 0.15) is 29.9 Å². The second kappa shape index (κ2) is 13.9. The molecule has 2 aromatic rings. The number of aromatic nitrogens is 2. The minimum atomic E-state index is -0.721. The molecule has 2 bridgehead atoms. The van der Waals surface area contributed by atoms with Crippen LogP contribution in [0.25, 0.3) is 11.0 Å². The molecule has 46 heavy (non-hydrogen) atoms. The van der Waals surface area contributed by atoms with Crippen LogP contribution in [0.1, 0.15) is 85.3 Å². The van der Waals surface area contributed by atoms with Crippen molar-refractivity contribution in [2.24, 2.45) is 17.3 Å². The lowest BCUT2D eigenvalue weighted by Gasteiger charge is -2.41. The van der Waals surface area contributed by atoms with Crippen LogP contribution in [0.15, 0.2) is 18.2 Å². The third-order valence-electron chi connectivity index (χ3n) is 9.99. The Morgan fingerprint density at radius 2 is 1.80 bits per heavy atom. The first-order valence-corrected chi connectivity index (χ1v) is 16.6. The van der Waals surface area contributed by atoms with Crippen molar-refractivity contribution in [2.45, 2.75) is 110 Å². The molecule has 1 aromatic heterocycles. The molecular weight excluding hydrogens is 588 g/mol. The zero-order valence-electron chi connectivity index (χ0n) is 28.0. The van der Waals surface area contributed by atoms with Gasteiger partial charge in [-0.3, -0.25) is 14.4 Å². The fourth-order valence-electron chi connectivity index (χ4n) is 7.21. The smallest absolute Gasteiger partial charge is 0.306 e. The summed E-state index contributed by atoms with van der Waals surface area (Å²) in [6.45, 7) is 10.0. The van der Waals surface area contributed by atoms with Gasteiger partial charge in [0.05, 0.1) is 49.1 Å². The highest BCUT2D eigenvalue weighted by Crippen LogP contribution is 2.37. The fourth-order valence-corrected chi connectivity index (χ4v) is 7.21. The topological polar surface area (TPSA) is 128 Å². The van der Waals surface area contributed by atoms with Crippen LogP contribution in [0.4, 0.5) is 0 Å². The summed E-state index contributed by atoms with van der Waals surface area (Å²) in [6, 6.07) is 4.61. The Kier molecular flexibility index (Phi) is 10.2. The van der Waals surface area contributed by atoms with E-state index in [0.717, 1.165) is 43.2 Å². The van der Waals surface area contributed by atoms with Crippen molar-refractivity contribution in [2.75, 3.05) is 20.2 Å². The molecule has 2 saturated heterocycles. The van der Waals surface area contributed by atoms with Crippen LogP contribution in [-0.4, -0.2) is 88.3 Å². The first-order valence-electron chi connectivity index (χ1n) is 16.6. The average molecular weight is 637 g/mol. The zero-order chi connectivity index (χ0) is 33.2. The number of hydrogen-bond acceptors (Lipinski definition) is 9. The predicted molar refractivity (Wildman–Crippen MR) is 171 cm³/mol. The Bertz CT molecular complexity index is 1460. The normalized spacial score (nSPS) is 28.3. The van der Waals surface area contributed by atoms with Crippen molar-refractivity contribution in [1.29, 1.82) is 0 Å². The van der Waals surface area contributed by atoms with E-state index in [9.17, 15) is 19.2 Å². The number of fused-ring (bicyclic) bond motifs is 5. The van der Waals surface area contributed by atoms with E-state index in [2.05, 4.69) is 0 Å². The maximum absolute atomic E-state index is 14.2. The molecule has 0 N–H and O–H groups in total. The minimum absolute atomic E-state index is 0.0295. The molecule has 0 radical (unpaired) electrons. The van der Waals surface area contributed by atoms with Crippen LogP contribution in [0.5, 0.6) is 11.6 Å². The third kappa shape index (κ3) is 7.13. The number of likely N-dealkylation sites (tertiary alicyclic amines) is 1. The molecular formula is C35H48N4O7. The molecule has 0 aliphatic carbocycles. The number of esters is 1. The van der Waals surface area contributed by atoms with Crippen molar-refractivity contribution < 1.29 is 33.4 Å². The highest BCUT2D eigenvalue weighted by molar-refractivity contribution is 5.87. The Balaban J connectivity index is 1.52. The van der Waals surface area contributed by atoms with Crippen LogP contribution in [0, 0.1) is 17.3 Å². The summed E-state index contributed by atoms with van der Waals surface area (Å²) in [5.74, 6) is -0.748. The Morgan fingerprint density at radius 1 is 1.02 bits per heavy atom. The van der Waals surface area contributed by atoms with Gasteiger partial charge in [0, 0.05) is 25.5 Å². The molecule has 1 aromatic carbocycles. The average Bonchev–Trinajstić information content (AvgIpc) is 3.33. The van der Waals surface area contributed by atoms with Gasteiger partial charge < -0.3 is 28.8 Å². The van der Waals surface area contributed by atoms with Crippen LogP contribution < -0.4 is 9.47 Å². The molecule has 2 amide bonds. The van der Waals surface area contributed by atoms with Gasteiger partial charge in [0.15, 0.2) is 0 Å². The van der Waals surface area contributed by atoms with Crippen molar-refractivity contribution in [1.82, 2.24) is 19.8 Å². The molecule has 3 aliphatic rings. The lowest BCUT2D eigenvalue weighted by atomic mass is 9.77. The first-order chi connectivity index (χ1) is 21.9. The molecule has 5 rings (SSSR count). The van der Waals surface area contributed by atoms with E-state index in [-0.39, 0.29) is 36.7 Å². The number of methoxy groups -OCH3 is 1. The molecule has 0 saturated carbocycles. The minimum Gasteiger partial charge on any atom is -0.497 e. The zero-order valence-corrected chi connectivity index (χ0v) is 28.0. The van der Waals surface area contributed by atoms with Crippen molar-refractivity contribution in [3.63, 3.8) is 0 Å². The molecule has 11 nitrogen and oxygen atoms in total. The molecule has 3 aliphatic heterocycles. The van der Waals surface area contributed by atoms with E-state index in [0.29, 0.717) is 43.0 Å². The van der Waals surface area contributed by atoms with Gasteiger partial charge >= 0.3 is 5.97 Å². The largest absolute Gasteiger partial charge is 0.497 e. The number of piperidine rings is 1. The van der Waals surface area contributed by atoms with Gasteiger partial charge in [-0.2, -0.15) is 0 Å². The van der Waals surface area contributed by atoms with E-state index < -0.39 is 35.6 Å². The van der Waals surface area contributed by atoms with Gasteiger partial charge in [-0.25, -0.2) is 9.97 Å². The van der Waals surface area contributed by atoms with Crippen molar-refractivity contribution >= 4 is 35.1 Å². The van der Waals surface area contributed by atoms with Gasteiger partial charge in [-0.05, 0) is 49.7 Å². The third-order valence-corrected chi connectivity index (χ3v) is 9.99. The fraction of sp³-hybridized carbons (Fsp3) is 0.657. The van der Waals surface area contributed by atoms with Gasteiger partial charge in [0.2, 0.25) is 17.7 Å².